The summed E-state index contributed by atoms with van der Waals surface area (Å²) in [5.74, 6) is 0.809. The summed E-state index contributed by atoms with van der Waals surface area (Å²) in [5, 5.41) is 10.8. The van der Waals surface area contributed by atoms with Crippen LogP contribution in [0.25, 0.3) is 0 Å². The molecule has 6 heteroatoms. The molecule has 0 aromatic heterocycles. The molecule has 0 saturated heterocycles. The number of aliphatic hydroxyl groups excluding tert-OH is 1. The van der Waals surface area contributed by atoms with Crippen molar-refractivity contribution in [1.29, 1.82) is 0 Å². The Labute approximate surface area is 109 Å². The molecule has 2 heterocycles. The summed E-state index contributed by atoms with van der Waals surface area (Å²) in [6, 6.07) is 0. The van der Waals surface area contributed by atoms with E-state index in [1.165, 1.54) is 23.5 Å². The van der Waals surface area contributed by atoms with Crippen LogP contribution in [0.15, 0.2) is 20.7 Å². The summed E-state index contributed by atoms with van der Waals surface area (Å²) in [5.41, 5.74) is 0. The molecule has 0 unspecified atom stereocenters. The second-order valence-electron chi connectivity index (χ2n) is 3.56. The van der Waals surface area contributed by atoms with E-state index in [9.17, 15) is 9.90 Å². The van der Waals surface area contributed by atoms with Gasteiger partial charge in [0.1, 0.15) is 9.93 Å². The maximum atomic E-state index is 11.8. The van der Waals surface area contributed by atoms with E-state index in [4.69, 9.17) is 4.74 Å². The van der Waals surface area contributed by atoms with E-state index >= 15 is 0 Å². The molecule has 0 aromatic rings. The van der Waals surface area contributed by atoms with Crippen molar-refractivity contribution in [3.8, 4) is 0 Å². The molecule has 17 heavy (non-hydrogen) atoms. The van der Waals surface area contributed by atoms with E-state index < -0.39 is 0 Å². The molecule has 0 spiro atoms. The minimum absolute atomic E-state index is 0.283. The zero-order chi connectivity index (χ0) is 12.4. The van der Waals surface area contributed by atoms with Crippen LogP contribution in [0.4, 0.5) is 0 Å². The highest BCUT2D eigenvalue weighted by Gasteiger charge is 2.35. The van der Waals surface area contributed by atoms with Gasteiger partial charge in [0, 0.05) is 12.3 Å². The largest absolute Gasteiger partial charge is 0.494 e. The first-order valence-corrected chi connectivity index (χ1v) is 7.40. The first-order valence-electron chi connectivity index (χ1n) is 5.60. The third kappa shape index (κ3) is 2.28. The monoisotopic (exact) mass is 273 g/mol. The van der Waals surface area contributed by atoms with Crippen molar-refractivity contribution in [3.05, 3.63) is 20.7 Å². The van der Waals surface area contributed by atoms with Crippen molar-refractivity contribution >= 4 is 29.5 Å². The molecule has 2 aliphatic heterocycles. The van der Waals surface area contributed by atoms with Crippen LogP contribution < -0.4 is 0 Å². The first kappa shape index (κ1) is 12.7. The number of allylic oxidation sites excluding steroid dienone is 1. The number of rotatable bonds is 3. The third-order valence-corrected chi connectivity index (χ3v) is 5.01. The van der Waals surface area contributed by atoms with E-state index in [-0.39, 0.29) is 5.97 Å². The van der Waals surface area contributed by atoms with Gasteiger partial charge in [-0.2, -0.15) is 0 Å². The molecule has 0 amide bonds. The van der Waals surface area contributed by atoms with Gasteiger partial charge in [0.15, 0.2) is 0 Å². The van der Waals surface area contributed by atoms with Crippen molar-refractivity contribution in [1.82, 2.24) is 4.90 Å². The predicted octanol–water partition coefficient (Wildman–Crippen LogP) is 2.65. The lowest BCUT2D eigenvalue weighted by Crippen LogP contribution is -2.27. The summed E-state index contributed by atoms with van der Waals surface area (Å²) >= 11 is 2.99. The van der Waals surface area contributed by atoms with Crippen LogP contribution in [0, 0.1) is 0 Å². The molecule has 0 atom stereocenters. The Bertz CT molecular complexity index is 404. The van der Waals surface area contributed by atoms with Gasteiger partial charge < -0.3 is 14.7 Å². The van der Waals surface area contributed by atoms with Crippen molar-refractivity contribution in [2.45, 2.75) is 20.3 Å². The van der Waals surface area contributed by atoms with Crippen molar-refractivity contribution in [2.24, 2.45) is 0 Å². The number of thioether (sulfide) groups is 2. The fourth-order valence-corrected chi connectivity index (χ4v) is 3.95. The van der Waals surface area contributed by atoms with Crippen LogP contribution in [-0.2, 0) is 9.53 Å². The van der Waals surface area contributed by atoms with E-state index in [2.05, 4.69) is 0 Å². The quantitative estimate of drug-likeness (QED) is 0.798. The lowest BCUT2D eigenvalue weighted by Gasteiger charge is -2.25. The number of aliphatic hydroxyl groups is 1. The van der Waals surface area contributed by atoms with Crippen LogP contribution in [0.3, 0.4) is 0 Å². The highest BCUT2D eigenvalue weighted by atomic mass is 32.2. The summed E-state index contributed by atoms with van der Waals surface area (Å²) in [6.07, 6.45) is 0.775. The van der Waals surface area contributed by atoms with Crippen LogP contribution >= 0.6 is 23.5 Å². The minimum Gasteiger partial charge on any atom is -0.494 e. The molecule has 2 rings (SSSR count). The van der Waals surface area contributed by atoms with Crippen LogP contribution in [0.1, 0.15) is 20.3 Å². The lowest BCUT2D eigenvalue weighted by molar-refractivity contribution is -0.137. The Kier molecular flexibility index (Phi) is 3.93. The summed E-state index contributed by atoms with van der Waals surface area (Å²) in [4.78, 5) is 15.2. The molecule has 2 aliphatic rings. The Morgan fingerprint density at radius 3 is 2.94 bits per heavy atom. The van der Waals surface area contributed by atoms with Crippen molar-refractivity contribution in [3.63, 3.8) is 0 Å². The SMILES string of the molecule is CCOC(=O)C1=C2SC(CC)=C(O)N2CCS1. The molecule has 0 fully saturated rings. The van der Waals surface area contributed by atoms with Crippen LogP contribution in [-0.4, -0.2) is 34.9 Å². The average molecular weight is 273 g/mol. The molecule has 0 bridgehead atoms. The number of hydrogen-bond donors (Lipinski definition) is 1. The standard InChI is InChI=1S/C11H15NO3S2/c1-3-7-9(13)12-5-6-16-8(10(12)17-7)11(14)15-4-2/h13H,3-6H2,1-2H3. The normalized spacial score (nSPS) is 19.8. The second kappa shape index (κ2) is 5.27. The van der Waals surface area contributed by atoms with Gasteiger partial charge >= 0.3 is 5.97 Å². The van der Waals surface area contributed by atoms with Crippen molar-refractivity contribution in [2.75, 3.05) is 18.9 Å². The van der Waals surface area contributed by atoms with Crippen molar-refractivity contribution < 1.29 is 14.6 Å². The van der Waals surface area contributed by atoms with Crippen LogP contribution in [0.2, 0.25) is 0 Å². The van der Waals surface area contributed by atoms with E-state index in [1.807, 2.05) is 11.8 Å². The number of carbonyl (C=O) groups excluding carboxylic acids is 1. The van der Waals surface area contributed by atoms with Gasteiger partial charge in [-0.3, -0.25) is 0 Å². The topological polar surface area (TPSA) is 49.8 Å². The van der Waals surface area contributed by atoms with E-state index in [0.29, 0.717) is 17.4 Å². The molecule has 94 valence electrons. The van der Waals surface area contributed by atoms with Gasteiger partial charge in [-0.15, -0.1) is 11.8 Å². The number of esters is 1. The zero-order valence-electron chi connectivity index (χ0n) is 9.86. The van der Waals surface area contributed by atoms with Crippen LogP contribution in [0.5, 0.6) is 0 Å². The van der Waals surface area contributed by atoms with Gasteiger partial charge in [0.25, 0.3) is 0 Å². The van der Waals surface area contributed by atoms with Gasteiger partial charge in [-0.1, -0.05) is 18.7 Å². The van der Waals surface area contributed by atoms with Gasteiger partial charge in [-0.05, 0) is 13.3 Å². The number of hydrogen-bond acceptors (Lipinski definition) is 6. The fraction of sp³-hybridized carbons (Fsp3) is 0.545. The highest BCUT2D eigenvalue weighted by molar-refractivity contribution is 8.09. The molecule has 0 saturated carbocycles. The Balaban J connectivity index is 2.29. The van der Waals surface area contributed by atoms with E-state index in [0.717, 1.165) is 28.7 Å². The molecule has 0 radical (unpaired) electrons. The number of carbonyl (C=O) groups is 1. The summed E-state index contributed by atoms with van der Waals surface area (Å²) in [6.45, 7) is 4.91. The molecular weight excluding hydrogens is 258 g/mol. The Hall–Kier alpha value is -0.750. The highest BCUT2D eigenvalue weighted by Crippen LogP contribution is 2.47. The Morgan fingerprint density at radius 2 is 2.29 bits per heavy atom. The molecule has 0 aromatic carbocycles. The zero-order valence-corrected chi connectivity index (χ0v) is 11.5. The van der Waals surface area contributed by atoms with Gasteiger partial charge in [0.2, 0.25) is 5.88 Å². The maximum absolute atomic E-state index is 11.8. The number of fused-ring (bicyclic) bond motifs is 1. The number of ether oxygens (including phenoxy) is 1. The Morgan fingerprint density at radius 1 is 1.53 bits per heavy atom. The number of nitrogens with zero attached hydrogens (tertiary/aromatic N) is 1. The first-order chi connectivity index (χ1) is 8.19. The molecular formula is C11H15NO3S2. The van der Waals surface area contributed by atoms with E-state index in [1.54, 1.807) is 6.92 Å². The average Bonchev–Trinajstić information content (AvgIpc) is 2.66. The minimum atomic E-state index is -0.283. The molecule has 0 aliphatic carbocycles. The lowest BCUT2D eigenvalue weighted by atomic mass is 10.4. The predicted molar refractivity (Wildman–Crippen MR) is 70.4 cm³/mol. The third-order valence-electron chi connectivity index (χ3n) is 2.51. The second-order valence-corrected chi connectivity index (χ2v) is 5.75. The fourth-order valence-electron chi connectivity index (χ4n) is 1.71. The maximum Gasteiger partial charge on any atom is 0.347 e. The summed E-state index contributed by atoms with van der Waals surface area (Å²) in [7, 11) is 0. The van der Waals surface area contributed by atoms with Gasteiger partial charge in [-0.25, -0.2) is 4.79 Å². The smallest absolute Gasteiger partial charge is 0.347 e. The summed E-state index contributed by atoms with van der Waals surface area (Å²) < 4.78 is 5.04. The van der Waals surface area contributed by atoms with Gasteiger partial charge in [0.05, 0.1) is 11.5 Å². The molecule has 4 nitrogen and oxygen atoms in total. The molecule has 1 N–H and O–H groups in total.